The van der Waals surface area contributed by atoms with Gasteiger partial charge in [0.25, 0.3) is 0 Å². The normalized spacial score (nSPS) is 10.7. The zero-order valence-electron chi connectivity index (χ0n) is 11.6. The molecule has 1 aromatic carbocycles. The van der Waals surface area contributed by atoms with Gasteiger partial charge in [0.1, 0.15) is 11.5 Å². The second kappa shape index (κ2) is 6.89. The predicted molar refractivity (Wildman–Crippen MR) is 76.5 cm³/mol. The van der Waals surface area contributed by atoms with Crippen molar-refractivity contribution in [1.82, 2.24) is 4.98 Å². The fourth-order valence-electron chi connectivity index (χ4n) is 2.15. The summed E-state index contributed by atoms with van der Waals surface area (Å²) in [4.78, 5) is 14.9. The molecule has 1 aromatic heterocycles. The van der Waals surface area contributed by atoms with Crippen molar-refractivity contribution in [2.75, 3.05) is 0 Å². The summed E-state index contributed by atoms with van der Waals surface area (Å²) >= 11 is 0. The van der Waals surface area contributed by atoms with Crippen molar-refractivity contribution in [2.24, 2.45) is 0 Å². The Labute approximate surface area is 118 Å². The molecule has 0 amide bonds. The molecule has 0 aliphatic carbocycles. The molecule has 0 unspecified atom stereocenters. The van der Waals surface area contributed by atoms with Gasteiger partial charge in [-0.1, -0.05) is 36.8 Å². The van der Waals surface area contributed by atoms with Crippen LogP contribution in [-0.2, 0) is 11.2 Å². The fourth-order valence-corrected chi connectivity index (χ4v) is 2.15. The average Bonchev–Trinajstić information content (AvgIpc) is 2.80. The highest BCUT2D eigenvalue weighted by Gasteiger charge is 2.10. The highest BCUT2D eigenvalue weighted by molar-refractivity contribution is 5.66. The van der Waals surface area contributed by atoms with Crippen LogP contribution in [0.2, 0.25) is 0 Å². The molecule has 0 atom stereocenters. The van der Waals surface area contributed by atoms with Gasteiger partial charge in [-0.25, -0.2) is 4.98 Å². The summed E-state index contributed by atoms with van der Waals surface area (Å²) in [7, 11) is 0. The minimum atomic E-state index is -0.733. The standard InChI is InChI=1S/C16H19NO3/c1-12-16(13-8-4-2-5-9-13)17-14(20-12)10-6-3-7-11-15(18)19/h2,4-5,8-9H,3,6-7,10-11H2,1H3,(H,18,19). The van der Waals surface area contributed by atoms with Crippen LogP contribution in [0, 0.1) is 6.92 Å². The summed E-state index contributed by atoms with van der Waals surface area (Å²) < 4.78 is 5.67. The highest BCUT2D eigenvalue weighted by atomic mass is 16.4. The average molecular weight is 273 g/mol. The van der Waals surface area contributed by atoms with Crippen LogP contribution in [0.15, 0.2) is 34.7 Å². The molecule has 2 rings (SSSR count). The van der Waals surface area contributed by atoms with E-state index in [1.165, 1.54) is 0 Å². The minimum Gasteiger partial charge on any atom is -0.481 e. The monoisotopic (exact) mass is 273 g/mol. The summed E-state index contributed by atoms with van der Waals surface area (Å²) in [6.07, 6.45) is 3.49. The van der Waals surface area contributed by atoms with Crippen LogP contribution in [0.4, 0.5) is 0 Å². The molecule has 0 saturated heterocycles. The number of aliphatic carboxylic acids is 1. The Balaban J connectivity index is 1.90. The van der Waals surface area contributed by atoms with E-state index in [9.17, 15) is 4.79 Å². The van der Waals surface area contributed by atoms with Crippen molar-refractivity contribution in [2.45, 2.75) is 39.0 Å². The van der Waals surface area contributed by atoms with E-state index in [1.807, 2.05) is 37.3 Å². The summed E-state index contributed by atoms with van der Waals surface area (Å²) in [6.45, 7) is 1.92. The minimum absolute atomic E-state index is 0.236. The molecule has 1 N–H and O–H groups in total. The second-order valence-corrected chi connectivity index (χ2v) is 4.83. The van der Waals surface area contributed by atoms with Gasteiger partial charge in [-0.2, -0.15) is 0 Å². The first kappa shape index (κ1) is 14.3. The zero-order valence-corrected chi connectivity index (χ0v) is 11.6. The Hall–Kier alpha value is -2.10. The lowest BCUT2D eigenvalue weighted by atomic mass is 10.1. The van der Waals surface area contributed by atoms with Gasteiger partial charge in [0.2, 0.25) is 0 Å². The van der Waals surface area contributed by atoms with Crippen LogP contribution in [-0.4, -0.2) is 16.1 Å². The van der Waals surface area contributed by atoms with Crippen molar-refractivity contribution in [3.8, 4) is 11.3 Å². The maximum atomic E-state index is 10.4. The van der Waals surface area contributed by atoms with E-state index < -0.39 is 5.97 Å². The van der Waals surface area contributed by atoms with E-state index in [4.69, 9.17) is 9.52 Å². The Bertz CT molecular complexity index is 560. The van der Waals surface area contributed by atoms with Crippen molar-refractivity contribution in [1.29, 1.82) is 0 Å². The summed E-state index contributed by atoms with van der Waals surface area (Å²) in [6, 6.07) is 9.97. The number of hydrogen-bond acceptors (Lipinski definition) is 3. The predicted octanol–water partition coefficient (Wildman–Crippen LogP) is 3.84. The van der Waals surface area contributed by atoms with Crippen molar-refractivity contribution in [3.63, 3.8) is 0 Å². The molecule has 4 nitrogen and oxygen atoms in total. The van der Waals surface area contributed by atoms with Crippen LogP contribution < -0.4 is 0 Å². The number of unbranched alkanes of at least 4 members (excludes halogenated alkanes) is 2. The number of oxazole rings is 1. The first-order valence-corrected chi connectivity index (χ1v) is 6.90. The van der Waals surface area contributed by atoms with Gasteiger partial charge >= 0.3 is 5.97 Å². The van der Waals surface area contributed by atoms with E-state index in [2.05, 4.69) is 4.98 Å². The Morgan fingerprint density at radius 2 is 1.95 bits per heavy atom. The molecule has 0 aliphatic rings. The molecule has 106 valence electrons. The molecule has 2 aromatic rings. The van der Waals surface area contributed by atoms with E-state index in [0.717, 1.165) is 42.2 Å². The molecular formula is C16H19NO3. The lowest BCUT2D eigenvalue weighted by Gasteiger charge is -1.96. The quantitative estimate of drug-likeness (QED) is 0.778. The fraction of sp³-hybridized carbons (Fsp3) is 0.375. The van der Waals surface area contributed by atoms with Crippen LogP contribution in [0.1, 0.15) is 37.3 Å². The van der Waals surface area contributed by atoms with Gasteiger partial charge in [-0.15, -0.1) is 0 Å². The van der Waals surface area contributed by atoms with E-state index in [-0.39, 0.29) is 6.42 Å². The van der Waals surface area contributed by atoms with Crippen LogP contribution in [0.5, 0.6) is 0 Å². The summed E-state index contributed by atoms with van der Waals surface area (Å²) in [5.41, 5.74) is 1.96. The third-order valence-corrected chi connectivity index (χ3v) is 3.17. The number of carbonyl (C=O) groups is 1. The number of nitrogens with zero attached hydrogens (tertiary/aromatic N) is 1. The summed E-state index contributed by atoms with van der Waals surface area (Å²) in [5.74, 6) is 0.830. The molecule has 0 spiro atoms. The summed E-state index contributed by atoms with van der Waals surface area (Å²) in [5, 5.41) is 8.56. The van der Waals surface area contributed by atoms with Gasteiger partial charge in [0.15, 0.2) is 5.89 Å². The van der Waals surface area contributed by atoms with Gasteiger partial charge in [-0.05, 0) is 19.8 Å². The molecule has 0 saturated carbocycles. The first-order valence-electron chi connectivity index (χ1n) is 6.90. The molecule has 0 fully saturated rings. The largest absolute Gasteiger partial charge is 0.481 e. The van der Waals surface area contributed by atoms with Crippen molar-refractivity contribution >= 4 is 5.97 Å². The smallest absolute Gasteiger partial charge is 0.303 e. The SMILES string of the molecule is Cc1oc(CCCCCC(=O)O)nc1-c1ccccc1. The van der Waals surface area contributed by atoms with E-state index in [0.29, 0.717) is 6.42 Å². The number of carboxylic acid groups (broad SMARTS) is 1. The lowest BCUT2D eigenvalue weighted by Crippen LogP contribution is -1.94. The Morgan fingerprint density at radius 3 is 2.65 bits per heavy atom. The maximum absolute atomic E-state index is 10.4. The third-order valence-electron chi connectivity index (χ3n) is 3.17. The molecule has 4 heteroatoms. The number of carboxylic acids is 1. The maximum Gasteiger partial charge on any atom is 0.303 e. The molecule has 20 heavy (non-hydrogen) atoms. The number of aryl methyl sites for hydroxylation is 2. The number of rotatable bonds is 7. The van der Waals surface area contributed by atoms with E-state index >= 15 is 0 Å². The van der Waals surface area contributed by atoms with Gasteiger partial charge in [0.05, 0.1) is 0 Å². The highest BCUT2D eigenvalue weighted by Crippen LogP contribution is 2.23. The molecule has 0 aliphatic heterocycles. The topological polar surface area (TPSA) is 63.3 Å². The second-order valence-electron chi connectivity index (χ2n) is 4.83. The van der Waals surface area contributed by atoms with Gasteiger partial charge < -0.3 is 9.52 Å². The van der Waals surface area contributed by atoms with E-state index in [1.54, 1.807) is 0 Å². The number of aromatic nitrogens is 1. The molecule has 1 heterocycles. The molecular weight excluding hydrogens is 254 g/mol. The zero-order chi connectivity index (χ0) is 14.4. The van der Waals surface area contributed by atoms with Crippen LogP contribution in [0.3, 0.4) is 0 Å². The van der Waals surface area contributed by atoms with Gasteiger partial charge in [0, 0.05) is 18.4 Å². The first-order chi connectivity index (χ1) is 9.66. The third kappa shape index (κ3) is 3.95. The van der Waals surface area contributed by atoms with Crippen LogP contribution in [0.25, 0.3) is 11.3 Å². The Morgan fingerprint density at radius 1 is 1.20 bits per heavy atom. The molecule has 0 bridgehead atoms. The lowest BCUT2D eigenvalue weighted by molar-refractivity contribution is -0.137. The molecule has 0 radical (unpaired) electrons. The van der Waals surface area contributed by atoms with Crippen molar-refractivity contribution in [3.05, 3.63) is 42.0 Å². The van der Waals surface area contributed by atoms with Crippen LogP contribution >= 0.6 is 0 Å². The van der Waals surface area contributed by atoms with Crippen molar-refractivity contribution < 1.29 is 14.3 Å². The Kier molecular flexibility index (Phi) is 4.93. The number of benzene rings is 1. The van der Waals surface area contributed by atoms with Gasteiger partial charge in [-0.3, -0.25) is 4.79 Å². The number of hydrogen-bond donors (Lipinski definition) is 1.